The van der Waals surface area contributed by atoms with Gasteiger partial charge in [-0.3, -0.25) is 9.79 Å². The van der Waals surface area contributed by atoms with Crippen molar-refractivity contribution in [1.29, 1.82) is 0 Å². The van der Waals surface area contributed by atoms with Crippen molar-refractivity contribution in [2.45, 2.75) is 45.3 Å². The summed E-state index contributed by atoms with van der Waals surface area (Å²) in [6, 6.07) is 4.55. The molecule has 1 amide bonds. The van der Waals surface area contributed by atoms with Crippen LogP contribution >= 0.6 is 24.0 Å². The van der Waals surface area contributed by atoms with E-state index in [0.717, 1.165) is 57.1 Å². The first-order chi connectivity index (χ1) is 14.3. The highest BCUT2D eigenvalue weighted by Crippen LogP contribution is 2.29. The van der Waals surface area contributed by atoms with Crippen molar-refractivity contribution in [2.75, 3.05) is 39.3 Å². The Morgan fingerprint density at radius 1 is 1.13 bits per heavy atom. The number of piperidine rings is 1. The second-order valence-electron chi connectivity index (χ2n) is 7.35. The maximum absolute atomic E-state index is 12.6. The lowest BCUT2D eigenvalue weighted by Gasteiger charge is -2.32. The minimum Gasteiger partial charge on any atom is -0.357 e. The van der Waals surface area contributed by atoms with Crippen molar-refractivity contribution >= 4 is 35.8 Å². The van der Waals surface area contributed by atoms with Crippen molar-refractivity contribution in [3.05, 3.63) is 35.4 Å². The number of carbonyl (C=O) groups excluding carboxylic acids is 1. The zero-order chi connectivity index (χ0) is 22.0. The van der Waals surface area contributed by atoms with E-state index in [-0.39, 0.29) is 29.5 Å². The molecule has 0 spiro atoms. The van der Waals surface area contributed by atoms with Gasteiger partial charge in [0.2, 0.25) is 0 Å². The Morgan fingerprint density at radius 2 is 1.77 bits per heavy atom. The average molecular weight is 555 g/mol. The summed E-state index contributed by atoms with van der Waals surface area (Å²) in [6.45, 7) is 8.88. The van der Waals surface area contributed by atoms with Crippen LogP contribution in [0.1, 0.15) is 49.0 Å². The van der Waals surface area contributed by atoms with Crippen molar-refractivity contribution in [3.8, 4) is 0 Å². The van der Waals surface area contributed by atoms with Gasteiger partial charge in [0.05, 0.1) is 12.1 Å². The summed E-state index contributed by atoms with van der Waals surface area (Å²) in [5, 5.41) is 9.35. The minimum absolute atomic E-state index is 0. The molecule has 3 N–H and O–H groups in total. The molecule has 1 aromatic rings. The Balaban J connectivity index is 0.00000480. The van der Waals surface area contributed by atoms with Gasteiger partial charge < -0.3 is 20.9 Å². The van der Waals surface area contributed by atoms with Crippen LogP contribution in [0.2, 0.25) is 0 Å². The molecular weight excluding hydrogens is 522 g/mol. The van der Waals surface area contributed by atoms with Crippen molar-refractivity contribution in [2.24, 2.45) is 4.99 Å². The lowest BCUT2D eigenvalue weighted by molar-refractivity contribution is -0.137. The number of likely N-dealkylation sites (tertiary alicyclic amines) is 1. The highest BCUT2D eigenvalue weighted by molar-refractivity contribution is 14.0. The number of alkyl halides is 3. The molecule has 0 saturated carbocycles. The molecule has 0 aliphatic carbocycles. The quantitative estimate of drug-likeness (QED) is 0.199. The number of guanidine groups is 1. The van der Waals surface area contributed by atoms with Crippen molar-refractivity contribution in [1.82, 2.24) is 20.9 Å². The van der Waals surface area contributed by atoms with E-state index in [4.69, 9.17) is 0 Å². The van der Waals surface area contributed by atoms with Crippen molar-refractivity contribution in [3.63, 3.8) is 0 Å². The van der Waals surface area contributed by atoms with Crippen LogP contribution in [0.5, 0.6) is 0 Å². The zero-order valence-corrected chi connectivity index (χ0v) is 20.4. The van der Waals surface area contributed by atoms with E-state index in [1.54, 1.807) is 0 Å². The van der Waals surface area contributed by atoms with Gasteiger partial charge in [-0.1, -0.05) is 6.92 Å². The number of nitrogens with one attached hydrogen (secondary N) is 3. The molecule has 10 heteroatoms. The second-order valence-corrected chi connectivity index (χ2v) is 7.35. The fourth-order valence-corrected chi connectivity index (χ4v) is 3.38. The normalized spacial score (nSPS) is 15.8. The van der Waals surface area contributed by atoms with Crippen LogP contribution in [0.3, 0.4) is 0 Å². The molecule has 0 bridgehead atoms. The van der Waals surface area contributed by atoms with Crippen LogP contribution < -0.4 is 16.0 Å². The standard InChI is InChI=1S/C21H32F3N5O.HI/c1-3-13-29-14-9-18(10-15-29)28-20(25-4-2)27-12-11-26-19(30)16-5-7-17(8-6-16)21(22,23)24;/h5-8,18H,3-4,9-15H2,1-2H3,(H,26,30)(H2,25,27,28);1H. The first kappa shape index (κ1) is 27.5. The van der Waals surface area contributed by atoms with Crippen LogP contribution in [0.25, 0.3) is 0 Å². The summed E-state index contributed by atoms with van der Waals surface area (Å²) in [6.07, 6.45) is -1.11. The molecule has 1 aliphatic rings. The molecule has 2 rings (SSSR count). The van der Waals surface area contributed by atoms with Crippen LogP contribution in [0.15, 0.2) is 29.3 Å². The van der Waals surface area contributed by atoms with Crippen LogP contribution in [0, 0.1) is 0 Å². The average Bonchev–Trinajstić information content (AvgIpc) is 2.72. The maximum atomic E-state index is 12.6. The highest BCUT2D eigenvalue weighted by atomic mass is 127. The number of halogens is 4. The molecule has 1 saturated heterocycles. The third kappa shape index (κ3) is 9.63. The summed E-state index contributed by atoms with van der Waals surface area (Å²) in [7, 11) is 0. The Morgan fingerprint density at radius 3 is 2.32 bits per heavy atom. The number of carbonyl (C=O) groups is 1. The van der Waals surface area contributed by atoms with Gasteiger partial charge in [0.1, 0.15) is 0 Å². The second kappa shape index (κ2) is 13.8. The molecule has 176 valence electrons. The van der Waals surface area contributed by atoms with Gasteiger partial charge in [-0.05, 0) is 57.0 Å². The Labute approximate surface area is 199 Å². The largest absolute Gasteiger partial charge is 0.416 e. The molecule has 1 aromatic carbocycles. The van der Waals surface area contributed by atoms with Gasteiger partial charge in [-0.25, -0.2) is 0 Å². The van der Waals surface area contributed by atoms with E-state index in [0.29, 0.717) is 19.1 Å². The van der Waals surface area contributed by atoms with E-state index in [1.807, 2.05) is 6.92 Å². The third-order valence-corrected chi connectivity index (χ3v) is 4.95. The Kier molecular flexibility index (Phi) is 12.2. The van der Waals surface area contributed by atoms with Gasteiger partial charge in [0.25, 0.3) is 5.91 Å². The fraction of sp³-hybridized carbons (Fsp3) is 0.619. The highest BCUT2D eigenvalue weighted by Gasteiger charge is 2.30. The summed E-state index contributed by atoms with van der Waals surface area (Å²) in [5.74, 6) is 0.301. The van der Waals surface area contributed by atoms with Gasteiger partial charge in [0.15, 0.2) is 5.96 Å². The van der Waals surface area contributed by atoms with Crippen LogP contribution in [-0.2, 0) is 6.18 Å². The summed E-state index contributed by atoms with van der Waals surface area (Å²) in [4.78, 5) is 19.1. The Bertz CT molecular complexity index is 689. The molecule has 0 unspecified atom stereocenters. The van der Waals surface area contributed by atoms with Gasteiger partial charge in [-0.15, -0.1) is 24.0 Å². The number of aliphatic imine (C=N–C) groups is 1. The lowest BCUT2D eigenvalue weighted by atomic mass is 10.1. The number of nitrogens with zero attached hydrogens (tertiary/aromatic N) is 2. The third-order valence-electron chi connectivity index (χ3n) is 4.95. The zero-order valence-electron chi connectivity index (χ0n) is 18.1. The molecule has 1 fully saturated rings. The number of hydrogen-bond donors (Lipinski definition) is 3. The van der Waals surface area contributed by atoms with Gasteiger partial charge in [-0.2, -0.15) is 13.2 Å². The summed E-state index contributed by atoms with van der Waals surface area (Å²) < 4.78 is 37.8. The maximum Gasteiger partial charge on any atom is 0.416 e. The predicted octanol–water partition coefficient (Wildman–Crippen LogP) is 3.48. The summed E-state index contributed by atoms with van der Waals surface area (Å²) >= 11 is 0. The lowest BCUT2D eigenvalue weighted by Crippen LogP contribution is -2.49. The predicted molar refractivity (Wildman–Crippen MR) is 128 cm³/mol. The minimum atomic E-state index is -4.41. The van der Waals surface area contributed by atoms with Crippen molar-refractivity contribution < 1.29 is 18.0 Å². The number of amides is 1. The first-order valence-corrected chi connectivity index (χ1v) is 10.6. The number of hydrogen-bond acceptors (Lipinski definition) is 3. The molecule has 6 nitrogen and oxygen atoms in total. The smallest absolute Gasteiger partial charge is 0.357 e. The van der Waals surface area contributed by atoms with Crippen LogP contribution in [-0.4, -0.2) is 62.1 Å². The number of rotatable bonds is 8. The fourth-order valence-electron chi connectivity index (χ4n) is 3.38. The molecule has 1 aliphatic heterocycles. The van der Waals surface area contributed by atoms with E-state index >= 15 is 0 Å². The monoisotopic (exact) mass is 555 g/mol. The number of benzene rings is 1. The summed E-state index contributed by atoms with van der Waals surface area (Å²) in [5.41, 5.74) is -0.582. The van der Waals surface area contributed by atoms with Gasteiger partial charge >= 0.3 is 6.18 Å². The molecule has 31 heavy (non-hydrogen) atoms. The molecule has 0 aromatic heterocycles. The van der Waals surface area contributed by atoms with Gasteiger partial charge in [0, 0.05) is 37.8 Å². The SMILES string of the molecule is CCCN1CCC(NC(=NCCNC(=O)c2ccc(C(F)(F)F)cc2)NCC)CC1.I. The Hall–Kier alpha value is -1.56. The molecule has 0 atom stereocenters. The van der Waals surface area contributed by atoms with E-state index in [2.05, 4.69) is 32.8 Å². The first-order valence-electron chi connectivity index (χ1n) is 10.6. The molecule has 1 heterocycles. The topological polar surface area (TPSA) is 68.8 Å². The van der Waals surface area contributed by atoms with Crippen LogP contribution in [0.4, 0.5) is 13.2 Å². The molecule has 0 radical (unpaired) electrons. The van der Waals surface area contributed by atoms with E-state index in [1.165, 1.54) is 18.6 Å². The van der Waals surface area contributed by atoms with E-state index < -0.39 is 17.6 Å². The molecular formula is C21H33F3IN5O. The van der Waals surface area contributed by atoms with E-state index in [9.17, 15) is 18.0 Å².